The summed E-state index contributed by atoms with van der Waals surface area (Å²) in [6.45, 7) is 1.46. The van der Waals surface area contributed by atoms with Crippen molar-refractivity contribution in [2.75, 3.05) is 0 Å². The Kier molecular flexibility index (Phi) is 2.32. The highest BCUT2D eigenvalue weighted by atomic mass is 19.1. The molecule has 0 amide bonds. The molecule has 0 aliphatic carbocycles. The number of carbonyl (C=O) groups is 1. The molecule has 0 saturated carbocycles. The SMILES string of the molecule is Cc1ncnc(CC(=O)O)c1F. The maximum Gasteiger partial charge on any atom is 0.309 e. The summed E-state index contributed by atoms with van der Waals surface area (Å²) in [4.78, 5) is 17.3. The van der Waals surface area contributed by atoms with Crippen LogP contribution < -0.4 is 0 Å². The summed E-state index contributed by atoms with van der Waals surface area (Å²) in [5.74, 6) is -1.74. The van der Waals surface area contributed by atoms with Crippen molar-refractivity contribution in [2.45, 2.75) is 13.3 Å². The van der Waals surface area contributed by atoms with Crippen LogP contribution >= 0.6 is 0 Å². The Hall–Kier alpha value is -1.52. The van der Waals surface area contributed by atoms with Crippen LogP contribution in [-0.4, -0.2) is 21.0 Å². The summed E-state index contributed by atoms with van der Waals surface area (Å²) in [5.41, 5.74) is 0.0938. The van der Waals surface area contributed by atoms with Crippen LogP contribution in [0.2, 0.25) is 0 Å². The molecular formula is C7H7FN2O2. The van der Waals surface area contributed by atoms with Crippen LogP contribution in [0.15, 0.2) is 6.33 Å². The maximum absolute atomic E-state index is 13.0. The van der Waals surface area contributed by atoms with Gasteiger partial charge >= 0.3 is 5.97 Å². The minimum atomic E-state index is -1.10. The molecule has 1 heterocycles. The van der Waals surface area contributed by atoms with Crippen LogP contribution in [0.3, 0.4) is 0 Å². The maximum atomic E-state index is 13.0. The lowest BCUT2D eigenvalue weighted by Crippen LogP contribution is -2.06. The third-order valence-electron chi connectivity index (χ3n) is 1.35. The second kappa shape index (κ2) is 3.25. The zero-order valence-electron chi connectivity index (χ0n) is 6.41. The number of rotatable bonds is 2. The van der Waals surface area contributed by atoms with Crippen LogP contribution in [0.5, 0.6) is 0 Å². The van der Waals surface area contributed by atoms with Crippen molar-refractivity contribution in [3.05, 3.63) is 23.5 Å². The lowest BCUT2D eigenvalue weighted by Gasteiger charge is -1.99. The van der Waals surface area contributed by atoms with E-state index >= 15 is 0 Å². The minimum Gasteiger partial charge on any atom is -0.481 e. The molecule has 0 spiro atoms. The third-order valence-corrected chi connectivity index (χ3v) is 1.35. The molecule has 0 bridgehead atoms. The van der Waals surface area contributed by atoms with Gasteiger partial charge in [0.2, 0.25) is 0 Å². The van der Waals surface area contributed by atoms with E-state index < -0.39 is 18.2 Å². The smallest absolute Gasteiger partial charge is 0.309 e. The van der Waals surface area contributed by atoms with Crippen molar-refractivity contribution in [1.29, 1.82) is 0 Å². The predicted octanol–water partition coefficient (Wildman–Crippen LogP) is 0.551. The number of nitrogens with zero attached hydrogens (tertiary/aromatic N) is 2. The van der Waals surface area contributed by atoms with E-state index in [1.54, 1.807) is 0 Å². The van der Waals surface area contributed by atoms with E-state index in [0.29, 0.717) is 0 Å². The molecule has 4 nitrogen and oxygen atoms in total. The molecule has 1 aromatic heterocycles. The van der Waals surface area contributed by atoms with Gasteiger partial charge in [-0.3, -0.25) is 4.79 Å². The van der Waals surface area contributed by atoms with Gasteiger partial charge in [0.1, 0.15) is 6.33 Å². The minimum absolute atomic E-state index is 0.0741. The Morgan fingerprint density at radius 1 is 1.67 bits per heavy atom. The van der Waals surface area contributed by atoms with Crippen molar-refractivity contribution in [1.82, 2.24) is 9.97 Å². The van der Waals surface area contributed by atoms with Gasteiger partial charge in [0.25, 0.3) is 0 Å². The van der Waals surface area contributed by atoms with E-state index in [9.17, 15) is 9.18 Å². The fourth-order valence-electron chi connectivity index (χ4n) is 0.774. The Labute approximate surface area is 68.1 Å². The quantitative estimate of drug-likeness (QED) is 0.704. The van der Waals surface area contributed by atoms with Gasteiger partial charge in [0.15, 0.2) is 5.82 Å². The predicted molar refractivity (Wildman–Crippen MR) is 38.1 cm³/mol. The highest BCUT2D eigenvalue weighted by molar-refractivity contribution is 5.69. The average Bonchev–Trinajstić information content (AvgIpc) is 1.98. The fraction of sp³-hybridized carbons (Fsp3) is 0.286. The molecule has 0 radical (unpaired) electrons. The van der Waals surface area contributed by atoms with E-state index in [2.05, 4.69) is 9.97 Å². The molecule has 1 rings (SSSR count). The van der Waals surface area contributed by atoms with Gasteiger partial charge in [0, 0.05) is 0 Å². The number of hydrogen-bond donors (Lipinski definition) is 1. The van der Waals surface area contributed by atoms with Crippen molar-refractivity contribution in [2.24, 2.45) is 0 Å². The van der Waals surface area contributed by atoms with E-state index in [1.165, 1.54) is 6.92 Å². The van der Waals surface area contributed by atoms with Crippen LogP contribution in [0.25, 0.3) is 0 Å². The molecule has 0 fully saturated rings. The summed E-state index contributed by atoms with van der Waals surface area (Å²) in [6.07, 6.45) is 0.742. The summed E-state index contributed by atoms with van der Waals surface area (Å²) < 4.78 is 13.0. The van der Waals surface area contributed by atoms with Crippen molar-refractivity contribution in [3.63, 3.8) is 0 Å². The lowest BCUT2D eigenvalue weighted by atomic mass is 10.2. The van der Waals surface area contributed by atoms with E-state index in [0.717, 1.165) is 6.33 Å². The number of aliphatic carboxylic acids is 1. The second-order valence-electron chi connectivity index (χ2n) is 2.29. The Morgan fingerprint density at radius 3 is 2.92 bits per heavy atom. The Bertz CT molecular complexity index is 314. The largest absolute Gasteiger partial charge is 0.481 e. The van der Waals surface area contributed by atoms with Gasteiger partial charge < -0.3 is 5.11 Å². The molecule has 1 aromatic rings. The van der Waals surface area contributed by atoms with Crippen LogP contribution in [0, 0.1) is 12.7 Å². The molecule has 0 unspecified atom stereocenters. The molecule has 5 heteroatoms. The van der Waals surface area contributed by atoms with Crippen LogP contribution in [0.1, 0.15) is 11.4 Å². The molecule has 0 aliphatic heterocycles. The van der Waals surface area contributed by atoms with Crippen molar-refractivity contribution in [3.8, 4) is 0 Å². The van der Waals surface area contributed by atoms with Crippen LogP contribution in [0.4, 0.5) is 4.39 Å². The summed E-state index contributed by atoms with van der Waals surface area (Å²) >= 11 is 0. The number of halogens is 1. The van der Waals surface area contributed by atoms with Crippen molar-refractivity contribution >= 4 is 5.97 Å². The monoisotopic (exact) mass is 170 g/mol. The molecule has 1 N–H and O–H groups in total. The summed E-state index contributed by atoms with van der Waals surface area (Å²) in [7, 11) is 0. The number of aryl methyl sites for hydroxylation is 1. The van der Waals surface area contributed by atoms with Gasteiger partial charge in [-0.1, -0.05) is 0 Å². The standard InChI is InChI=1S/C7H7FN2O2/c1-4-7(8)5(2-6(11)12)10-3-9-4/h3H,2H2,1H3,(H,11,12). The summed E-state index contributed by atoms with van der Waals surface area (Å²) in [6, 6.07) is 0. The zero-order chi connectivity index (χ0) is 9.14. The fourth-order valence-corrected chi connectivity index (χ4v) is 0.774. The highest BCUT2D eigenvalue weighted by Gasteiger charge is 2.10. The van der Waals surface area contributed by atoms with Gasteiger partial charge in [-0.25, -0.2) is 14.4 Å². The highest BCUT2D eigenvalue weighted by Crippen LogP contribution is 2.06. The lowest BCUT2D eigenvalue weighted by molar-refractivity contribution is -0.136. The molecule has 12 heavy (non-hydrogen) atoms. The Morgan fingerprint density at radius 2 is 2.33 bits per heavy atom. The third kappa shape index (κ3) is 1.75. The first kappa shape index (κ1) is 8.58. The van der Waals surface area contributed by atoms with Gasteiger partial charge in [0.05, 0.1) is 17.8 Å². The molecule has 0 saturated heterocycles. The van der Waals surface area contributed by atoms with E-state index in [1.807, 2.05) is 0 Å². The number of carboxylic acid groups (broad SMARTS) is 1. The topological polar surface area (TPSA) is 63.1 Å². The number of carboxylic acids is 1. The van der Waals surface area contributed by atoms with E-state index in [-0.39, 0.29) is 11.4 Å². The second-order valence-corrected chi connectivity index (χ2v) is 2.29. The van der Waals surface area contributed by atoms with Gasteiger partial charge in [-0.05, 0) is 6.92 Å². The first-order valence-corrected chi connectivity index (χ1v) is 3.29. The molecule has 0 atom stereocenters. The summed E-state index contributed by atoms with van der Waals surface area (Å²) in [5, 5.41) is 8.36. The number of hydrogen-bond acceptors (Lipinski definition) is 3. The van der Waals surface area contributed by atoms with Gasteiger partial charge in [-0.2, -0.15) is 0 Å². The molecule has 64 valence electrons. The number of aromatic nitrogens is 2. The Balaban J connectivity index is 3.00. The van der Waals surface area contributed by atoms with E-state index in [4.69, 9.17) is 5.11 Å². The van der Waals surface area contributed by atoms with Crippen molar-refractivity contribution < 1.29 is 14.3 Å². The molecule has 0 aliphatic rings. The van der Waals surface area contributed by atoms with Gasteiger partial charge in [-0.15, -0.1) is 0 Å². The normalized spacial score (nSPS) is 9.83. The first-order chi connectivity index (χ1) is 5.61. The average molecular weight is 170 g/mol. The van der Waals surface area contributed by atoms with Crippen LogP contribution in [-0.2, 0) is 11.2 Å². The molecular weight excluding hydrogens is 163 g/mol. The zero-order valence-corrected chi connectivity index (χ0v) is 6.41. The first-order valence-electron chi connectivity index (χ1n) is 3.29. The molecule has 0 aromatic carbocycles.